The Labute approximate surface area is 139 Å². The minimum atomic E-state index is -0.430. The molecule has 1 unspecified atom stereocenters. The molecule has 6 heteroatoms. The van der Waals surface area contributed by atoms with E-state index < -0.39 is 5.60 Å². The Morgan fingerprint density at radius 2 is 2.00 bits per heavy atom. The molecule has 2 aliphatic rings. The fourth-order valence-corrected chi connectivity index (χ4v) is 2.88. The molecule has 2 aliphatic heterocycles. The summed E-state index contributed by atoms with van der Waals surface area (Å²) >= 11 is 0. The molecule has 2 rings (SSSR count). The Balaban J connectivity index is 1.51. The van der Waals surface area contributed by atoms with E-state index in [-0.39, 0.29) is 12.2 Å². The average molecular weight is 328 g/mol. The maximum Gasteiger partial charge on any atom is 0.410 e. The summed E-state index contributed by atoms with van der Waals surface area (Å²) in [5.74, 6) is 0.659. The van der Waals surface area contributed by atoms with Crippen LogP contribution in [0.5, 0.6) is 0 Å². The minimum absolute atomic E-state index is 0.212. The Hall–Kier alpha value is -0.850. The van der Waals surface area contributed by atoms with Crippen molar-refractivity contribution in [1.29, 1.82) is 0 Å². The quantitative estimate of drug-likeness (QED) is 0.756. The molecule has 0 aromatic carbocycles. The largest absolute Gasteiger partial charge is 0.444 e. The van der Waals surface area contributed by atoms with Gasteiger partial charge in [0, 0.05) is 32.8 Å². The summed E-state index contributed by atoms with van der Waals surface area (Å²) in [6, 6.07) is 0. The first-order chi connectivity index (χ1) is 10.9. The van der Waals surface area contributed by atoms with Crippen molar-refractivity contribution in [3.63, 3.8) is 0 Å². The zero-order chi connectivity index (χ0) is 16.7. The Kier molecular flexibility index (Phi) is 7.11. The van der Waals surface area contributed by atoms with Gasteiger partial charge in [0.25, 0.3) is 0 Å². The Morgan fingerprint density at radius 3 is 2.61 bits per heavy atom. The minimum Gasteiger partial charge on any atom is -0.444 e. The van der Waals surface area contributed by atoms with Gasteiger partial charge in [-0.05, 0) is 46.0 Å². The number of ether oxygens (including phenoxy) is 3. The van der Waals surface area contributed by atoms with E-state index in [2.05, 4.69) is 5.32 Å². The zero-order valence-corrected chi connectivity index (χ0v) is 14.8. The number of nitrogens with zero attached hydrogens (tertiary/aromatic N) is 1. The van der Waals surface area contributed by atoms with Gasteiger partial charge >= 0.3 is 6.09 Å². The van der Waals surface area contributed by atoms with Gasteiger partial charge in [-0.2, -0.15) is 0 Å². The van der Waals surface area contributed by atoms with Crippen LogP contribution in [0.25, 0.3) is 0 Å². The van der Waals surface area contributed by atoms with Crippen molar-refractivity contribution in [1.82, 2.24) is 10.2 Å². The molecule has 6 nitrogen and oxygen atoms in total. The Bertz CT molecular complexity index is 356. The highest BCUT2D eigenvalue weighted by atomic mass is 16.6. The summed E-state index contributed by atoms with van der Waals surface area (Å²) in [6.45, 7) is 11.5. The maximum absolute atomic E-state index is 12.0. The van der Waals surface area contributed by atoms with Crippen molar-refractivity contribution in [3.8, 4) is 0 Å². The van der Waals surface area contributed by atoms with Crippen molar-refractivity contribution in [2.45, 2.75) is 51.7 Å². The topological polar surface area (TPSA) is 60.0 Å². The normalized spacial score (nSPS) is 23.3. The standard InChI is InChI=1S/C17H32N2O4/c1-17(2,3)23-16(20)19-8-4-15(5-9-19)22-11-7-18-12-14-6-10-21-13-14/h14-15,18H,4-13H2,1-3H3. The first-order valence-corrected chi connectivity index (χ1v) is 8.82. The van der Waals surface area contributed by atoms with Crippen LogP contribution in [0.1, 0.15) is 40.0 Å². The number of amides is 1. The van der Waals surface area contributed by atoms with Gasteiger partial charge in [-0.25, -0.2) is 4.79 Å². The van der Waals surface area contributed by atoms with Gasteiger partial charge in [-0.1, -0.05) is 0 Å². The fraction of sp³-hybridized carbons (Fsp3) is 0.941. The molecule has 23 heavy (non-hydrogen) atoms. The number of carbonyl (C=O) groups is 1. The fourth-order valence-electron chi connectivity index (χ4n) is 2.88. The second-order valence-electron chi connectivity index (χ2n) is 7.47. The van der Waals surface area contributed by atoms with Crippen LogP contribution in [0.3, 0.4) is 0 Å². The molecular weight excluding hydrogens is 296 g/mol. The number of rotatable bonds is 6. The van der Waals surface area contributed by atoms with Gasteiger partial charge in [0.2, 0.25) is 0 Å². The summed E-state index contributed by atoms with van der Waals surface area (Å²) in [6.07, 6.45) is 2.98. The molecule has 0 aliphatic carbocycles. The van der Waals surface area contributed by atoms with Gasteiger partial charge in [-0.15, -0.1) is 0 Å². The van der Waals surface area contributed by atoms with Crippen molar-refractivity contribution in [2.24, 2.45) is 5.92 Å². The lowest BCUT2D eigenvalue weighted by Gasteiger charge is -2.33. The molecule has 134 valence electrons. The molecule has 2 saturated heterocycles. The van der Waals surface area contributed by atoms with Gasteiger partial charge in [0.15, 0.2) is 0 Å². The van der Waals surface area contributed by atoms with Gasteiger partial charge in [0.05, 0.1) is 19.3 Å². The molecule has 0 spiro atoms. The van der Waals surface area contributed by atoms with Crippen molar-refractivity contribution in [3.05, 3.63) is 0 Å². The molecule has 0 aromatic rings. The molecule has 0 bridgehead atoms. The van der Waals surface area contributed by atoms with Crippen LogP contribution in [-0.2, 0) is 14.2 Å². The van der Waals surface area contributed by atoms with Crippen LogP contribution in [0.15, 0.2) is 0 Å². The average Bonchev–Trinajstić information content (AvgIpc) is 2.99. The summed E-state index contributed by atoms with van der Waals surface area (Å²) in [5, 5.41) is 3.43. The molecule has 1 atom stereocenters. The van der Waals surface area contributed by atoms with E-state index in [0.29, 0.717) is 19.0 Å². The number of hydrogen-bond acceptors (Lipinski definition) is 5. The van der Waals surface area contributed by atoms with E-state index in [1.165, 1.54) is 0 Å². The molecule has 2 heterocycles. The third-order valence-corrected chi connectivity index (χ3v) is 4.18. The summed E-state index contributed by atoms with van der Waals surface area (Å²) < 4.78 is 16.7. The number of piperidine rings is 1. The molecule has 1 N–H and O–H groups in total. The lowest BCUT2D eigenvalue weighted by atomic mass is 10.1. The number of likely N-dealkylation sites (tertiary alicyclic amines) is 1. The Morgan fingerprint density at radius 1 is 1.26 bits per heavy atom. The van der Waals surface area contributed by atoms with Gasteiger partial charge < -0.3 is 24.4 Å². The highest BCUT2D eigenvalue weighted by Crippen LogP contribution is 2.17. The first kappa shape index (κ1) is 18.5. The van der Waals surface area contributed by atoms with Crippen molar-refractivity contribution >= 4 is 6.09 Å². The van der Waals surface area contributed by atoms with E-state index in [9.17, 15) is 4.79 Å². The van der Waals surface area contributed by atoms with E-state index in [0.717, 1.165) is 52.2 Å². The number of carbonyl (C=O) groups excluding carboxylic acids is 1. The van der Waals surface area contributed by atoms with Crippen LogP contribution in [0.4, 0.5) is 4.79 Å². The first-order valence-electron chi connectivity index (χ1n) is 8.82. The van der Waals surface area contributed by atoms with Crippen LogP contribution >= 0.6 is 0 Å². The lowest BCUT2D eigenvalue weighted by molar-refractivity contribution is -0.0105. The van der Waals surface area contributed by atoms with Crippen molar-refractivity contribution in [2.75, 3.05) is 46.0 Å². The molecule has 0 aromatic heterocycles. The van der Waals surface area contributed by atoms with Crippen LogP contribution < -0.4 is 5.32 Å². The summed E-state index contributed by atoms with van der Waals surface area (Å²) in [4.78, 5) is 13.8. The van der Waals surface area contributed by atoms with E-state index in [1.807, 2.05) is 20.8 Å². The monoisotopic (exact) mass is 328 g/mol. The number of hydrogen-bond donors (Lipinski definition) is 1. The maximum atomic E-state index is 12.0. The highest BCUT2D eigenvalue weighted by molar-refractivity contribution is 5.68. The number of nitrogens with one attached hydrogen (secondary N) is 1. The van der Waals surface area contributed by atoms with E-state index in [1.54, 1.807) is 4.90 Å². The molecule has 1 amide bonds. The SMILES string of the molecule is CC(C)(C)OC(=O)N1CCC(OCCNCC2CCOC2)CC1. The predicted octanol–water partition coefficient (Wildman–Crippen LogP) is 2.03. The van der Waals surface area contributed by atoms with Gasteiger partial charge in [-0.3, -0.25) is 0 Å². The third kappa shape index (κ3) is 7.06. The van der Waals surface area contributed by atoms with Crippen LogP contribution in [0.2, 0.25) is 0 Å². The lowest BCUT2D eigenvalue weighted by Crippen LogP contribution is -2.43. The molecule has 2 fully saturated rings. The van der Waals surface area contributed by atoms with Crippen LogP contribution in [-0.4, -0.2) is 68.7 Å². The second-order valence-corrected chi connectivity index (χ2v) is 7.47. The molecule has 0 saturated carbocycles. The summed E-state index contributed by atoms with van der Waals surface area (Å²) in [5.41, 5.74) is -0.430. The van der Waals surface area contributed by atoms with Crippen LogP contribution in [0, 0.1) is 5.92 Å². The van der Waals surface area contributed by atoms with E-state index in [4.69, 9.17) is 14.2 Å². The van der Waals surface area contributed by atoms with Gasteiger partial charge in [0.1, 0.15) is 5.60 Å². The van der Waals surface area contributed by atoms with E-state index >= 15 is 0 Å². The summed E-state index contributed by atoms with van der Waals surface area (Å²) in [7, 11) is 0. The smallest absolute Gasteiger partial charge is 0.410 e. The highest BCUT2D eigenvalue weighted by Gasteiger charge is 2.27. The molecular formula is C17H32N2O4. The van der Waals surface area contributed by atoms with Crippen molar-refractivity contribution < 1.29 is 19.0 Å². The third-order valence-electron chi connectivity index (χ3n) is 4.18. The zero-order valence-electron chi connectivity index (χ0n) is 14.8. The second kappa shape index (κ2) is 8.85. The predicted molar refractivity (Wildman–Crippen MR) is 88.6 cm³/mol. The molecule has 0 radical (unpaired) electrons.